The van der Waals surface area contributed by atoms with Crippen LogP contribution in [-0.4, -0.2) is 51.1 Å². The van der Waals surface area contributed by atoms with E-state index in [2.05, 4.69) is 5.32 Å². The van der Waals surface area contributed by atoms with Crippen LogP contribution in [-0.2, 0) is 10.2 Å². The zero-order valence-corrected chi connectivity index (χ0v) is 12.5. The molecule has 0 radical (unpaired) electrons. The van der Waals surface area contributed by atoms with Crippen molar-refractivity contribution in [3.63, 3.8) is 0 Å². The number of alkyl halides is 3. The predicted molar refractivity (Wildman–Crippen MR) is 70.5 cm³/mol. The molecular formula is C11H22F3N3O2S. The molecule has 20 heavy (non-hydrogen) atoms. The lowest BCUT2D eigenvalue weighted by Gasteiger charge is -2.34. The summed E-state index contributed by atoms with van der Waals surface area (Å²) < 4.78 is 62.4. The Balaban J connectivity index is 2.51. The van der Waals surface area contributed by atoms with Gasteiger partial charge in [-0.05, 0) is 32.2 Å². The first kappa shape index (κ1) is 17.7. The average Bonchev–Trinajstić information content (AvgIpc) is 2.36. The van der Waals surface area contributed by atoms with Crippen LogP contribution in [0.3, 0.4) is 0 Å². The van der Waals surface area contributed by atoms with Crippen molar-refractivity contribution in [3.8, 4) is 0 Å². The highest BCUT2D eigenvalue weighted by Gasteiger charge is 2.34. The maximum absolute atomic E-state index is 12.1. The molecule has 1 rings (SSSR count). The molecule has 1 fully saturated rings. The number of nitrogens with one attached hydrogen (secondary N) is 2. The zero-order chi connectivity index (χ0) is 15.4. The fourth-order valence-electron chi connectivity index (χ4n) is 2.40. The van der Waals surface area contributed by atoms with Gasteiger partial charge in [-0.25, -0.2) is 0 Å². The molecule has 1 aliphatic carbocycles. The van der Waals surface area contributed by atoms with Gasteiger partial charge in [0.05, 0.1) is 0 Å². The second kappa shape index (κ2) is 7.06. The third-order valence-electron chi connectivity index (χ3n) is 3.54. The van der Waals surface area contributed by atoms with Crippen molar-refractivity contribution in [1.29, 1.82) is 0 Å². The molecule has 0 bridgehead atoms. The van der Waals surface area contributed by atoms with E-state index in [4.69, 9.17) is 0 Å². The monoisotopic (exact) mass is 317 g/mol. The number of hydrogen-bond donors (Lipinski definition) is 2. The molecule has 0 unspecified atom stereocenters. The lowest BCUT2D eigenvalue weighted by Crippen LogP contribution is -2.49. The molecule has 0 atom stereocenters. The third kappa shape index (κ3) is 5.55. The molecule has 120 valence electrons. The van der Waals surface area contributed by atoms with Gasteiger partial charge in [0.2, 0.25) is 0 Å². The second-order valence-electron chi connectivity index (χ2n) is 5.02. The van der Waals surface area contributed by atoms with Gasteiger partial charge in [0, 0.05) is 19.1 Å². The summed E-state index contributed by atoms with van der Waals surface area (Å²) in [6.45, 7) is 1.33. The molecule has 0 heterocycles. The Morgan fingerprint density at radius 3 is 2.20 bits per heavy atom. The van der Waals surface area contributed by atoms with Gasteiger partial charge in [-0.1, -0.05) is 6.92 Å². The standard InChI is InChI=1S/C11H22F3N3O2S/c1-3-15-9-4-6-10(7-5-9)17(2)20(18,19)16-8-11(12,13)14/h9-10,15-16H,3-8H2,1-2H3. The molecule has 0 aromatic rings. The average molecular weight is 317 g/mol. The second-order valence-corrected chi connectivity index (χ2v) is 6.84. The van der Waals surface area contributed by atoms with Crippen LogP contribution in [0.15, 0.2) is 0 Å². The van der Waals surface area contributed by atoms with Gasteiger partial charge in [-0.15, -0.1) is 0 Å². The minimum Gasteiger partial charge on any atom is -0.314 e. The molecule has 0 aliphatic heterocycles. The Labute approximate surface area is 118 Å². The summed E-state index contributed by atoms with van der Waals surface area (Å²) >= 11 is 0. The highest BCUT2D eigenvalue weighted by molar-refractivity contribution is 7.87. The van der Waals surface area contributed by atoms with Crippen LogP contribution in [0.1, 0.15) is 32.6 Å². The van der Waals surface area contributed by atoms with Crippen LogP contribution in [0.5, 0.6) is 0 Å². The highest BCUT2D eigenvalue weighted by atomic mass is 32.2. The third-order valence-corrected chi connectivity index (χ3v) is 5.10. The first-order valence-electron chi connectivity index (χ1n) is 6.68. The van der Waals surface area contributed by atoms with Crippen molar-refractivity contribution in [1.82, 2.24) is 14.3 Å². The molecule has 9 heteroatoms. The van der Waals surface area contributed by atoms with Crippen LogP contribution in [0.4, 0.5) is 13.2 Å². The first-order valence-corrected chi connectivity index (χ1v) is 8.12. The Morgan fingerprint density at radius 1 is 1.20 bits per heavy atom. The van der Waals surface area contributed by atoms with Gasteiger partial charge in [0.15, 0.2) is 0 Å². The summed E-state index contributed by atoms with van der Waals surface area (Å²) in [7, 11) is -2.75. The molecule has 1 saturated carbocycles. The van der Waals surface area contributed by atoms with Gasteiger partial charge in [0.25, 0.3) is 10.2 Å². The molecule has 0 saturated heterocycles. The Morgan fingerprint density at radius 2 is 1.75 bits per heavy atom. The van der Waals surface area contributed by atoms with Crippen molar-refractivity contribution in [2.45, 2.75) is 50.9 Å². The van der Waals surface area contributed by atoms with Crippen molar-refractivity contribution >= 4 is 10.2 Å². The lowest BCUT2D eigenvalue weighted by molar-refractivity contribution is -0.121. The Hall–Kier alpha value is -0.380. The fourth-order valence-corrected chi connectivity index (χ4v) is 3.56. The van der Waals surface area contributed by atoms with E-state index < -0.39 is 22.9 Å². The lowest BCUT2D eigenvalue weighted by atomic mass is 9.91. The van der Waals surface area contributed by atoms with Gasteiger partial charge in [0.1, 0.15) is 6.54 Å². The van der Waals surface area contributed by atoms with Gasteiger partial charge in [-0.3, -0.25) is 0 Å². The molecular weight excluding hydrogens is 295 g/mol. The van der Waals surface area contributed by atoms with E-state index in [1.54, 1.807) is 4.72 Å². The van der Waals surface area contributed by atoms with E-state index >= 15 is 0 Å². The summed E-state index contributed by atoms with van der Waals surface area (Å²) in [5.41, 5.74) is 0. The normalized spacial score (nSPS) is 25.1. The van der Waals surface area contributed by atoms with Crippen LogP contribution < -0.4 is 10.0 Å². The molecule has 5 nitrogen and oxygen atoms in total. The van der Waals surface area contributed by atoms with E-state index in [9.17, 15) is 21.6 Å². The van der Waals surface area contributed by atoms with E-state index in [-0.39, 0.29) is 6.04 Å². The Bertz CT molecular complexity index is 392. The summed E-state index contributed by atoms with van der Waals surface area (Å²) in [6.07, 6.45) is -1.58. The maximum Gasteiger partial charge on any atom is 0.402 e. The van der Waals surface area contributed by atoms with Crippen molar-refractivity contribution in [2.75, 3.05) is 20.1 Å². The predicted octanol–water partition coefficient (Wildman–Crippen LogP) is 1.24. The SMILES string of the molecule is CCNC1CCC(N(C)S(=O)(=O)NCC(F)(F)F)CC1. The number of nitrogens with zero attached hydrogens (tertiary/aromatic N) is 1. The summed E-state index contributed by atoms with van der Waals surface area (Å²) in [6, 6.07) is 0.131. The van der Waals surface area contributed by atoms with Crippen molar-refractivity contribution in [3.05, 3.63) is 0 Å². The van der Waals surface area contributed by atoms with Crippen LogP contribution in [0.25, 0.3) is 0 Å². The first-order chi connectivity index (χ1) is 9.15. The van der Waals surface area contributed by atoms with E-state index in [1.165, 1.54) is 7.05 Å². The quantitative estimate of drug-likeness (QED) is 0.775. The van der Waals surface area contributed by atoms with E-state index in [0.29, 0.717) is 18.9 Å². The number of hydrogen-bond acceptors (Lipinski definition) is 3. The molecule has 0 aromatic carbocycles. The summed E-state index contributed by atoms with van der Waals surface area (Å²) in [4.78, 5) is 0. The van der Waals surface area contributed by atoms with Crippen LogP contribution in [0, 0.1) is 0 Å². The maximum atomic E-state index is 12.1. The number of halogens is 3. The van der Waals surface area contributed by atoms with Gasteiger partial charge in [-0.2, -0.15) is 30.6 Å². The molecule has 0 aromatic heterocycles. The van der Waals surface area contributed by atoms with E-state index in [1.807, 2.05) is 6.92 Å². The van der Waals surface area contributed by atoms with Crippen LogP contribution in [0.2, 0.25) is 0 Å². The minimum atomic E-state index is -4.55. The van der Waals surface area contributed by atoms with Gasteiger partial charge >= 0.3 is 6.18 Å². The van der Waals surface area contributed by atoms with Crippen molar-refractivity contribution < 1.29 is 21.6 Å². The molecule has 0 spiro atoms. The fraction of sp³-hybridized carbons (Fsp3) is 1.00. The number of rotatable bonds is 6. The smallest absolute Gasteiger partial charge is 0.314 e. The molecule has 2 N–H and O–H groups in total. The molecule has 1 aliphatic rings. The summed E-state index contributed by atoms with van der Waals surface area (Å²) in [5, 5.41) is 3.30. The van der Waals surface area contributed by atoms with Crippen LogP contribution >= 0.6 is 0 Å². The van der Waals surface area contributed by atoms with Crippen molar-refractivity contribution in [2.24, 2.45) is 0 Å². The highest BCUT2D eigenvalue weighted by Crippen LogP contribution is 2.24. The minimum absolute atomic E-state index is 0.240. The largest absolute Gasteiger partial charge is 0.402 e. The Kier molecular flexibility index (Phi) is 6.24. The topological polar surface area (TPSA) is 61.4 Å². The van der Waals surface area contributed by atoms with Gasteiger partial charge < -0.3 is 5.32 Å². The zero-order valence-electron chi connectivity index (χ0n) is 11.7. The molecule has 0 amide bonds. The summed E-state index contributed by atoms with van der Waals surface area (Å²) in [5.74, 6) is 0. The van der Waals surface area contributed by atoms with E-state index in [0.717, 1.165) is 23.7 Å².